The molecule has 42 heavy (non-hydrogen) atoms. The van der Waals surface area contributed by atoms with Crippen molar-refractivity contribution < 1.29 is 23.7 Å². The van der Waals surface area contributed by atoms with Crippen LogP contribution in [0.15, 0.2) is 27.9 Å². The van der Waals surface area contributed by atoms with Crippen molar-refractivity contribution >= 4 is 17.9 Å². The molecule has 0 radical (unpaired) electrons. The average molecular weight is 613 g/mol. The molecule has 9 unspecified atom stereocenters. The first-order valence-electron chi connectivity index (χ1n) is 15.7. The van der Waals surface area contributed by atoms with E-state index in [1.807, 2.05) is 31.4 Å². The molecule has 2 aliphatic heterocycles. The molecule has 1 saturated heterocycles. The van der Waals surface area contributed by atoms with Crippen LogP contribution in [0.4, 0.5) is 4.39 Å². The number of likely N-dealkylation sites (N-methyl/N-ethyl adjacent to an activating group) is 1. The summed E-state index contributed by atoms with van der Waals surface area (Å²) >= 11 is 6.72. The maximum Gasteiger partial charge on any atom is 0.167 e. The standard InChI is InChI=1S/C30H50ClFN6O4/c1-18-24(37-30-36-22(16-42-30)15-41-27(39)13-38(2)3)8-9-25-28(18)29(34-17-33-25)35-21-7-10-26(23(31)12-21)40-14-19-5-4-6-20(32)11-19/h4-5,17-22,24-25,27-30,35-37,39H,6-16H2,1-3H3,(H,33,34)/t18?,19?,20?,21?,22-,24?,25?,27-,28?,29?,30?/m0/s1. The molecule has 5 N–H and O–H groups in total. The normalized spacial score (nSPS) is 39.3. The van der Waals surface area contributed by atoms with Crippen LogP contribution in [-0.2, 0) is 14.2 Å². The molecule has 0 amide bonds. The zero-order valence-electron chi connectivity index (χ0n) is 25.2. The number of halogens is 2. The molecule has 5 rings (SSSR count). The number of fused-ring (bicyclic) bond motifs is 1. The van der Waals surface area contributed by atoms with E-state index >= 15 is 0 Å². The minimum Gasteiger partial charge on any atom is -0.496 e. The van der Waals surface area contributed by atoms with Crippen LogP contribution >= 0.6 is 11.6 Å². The lowest BCUT2D eigenvalue weighted by atomic mass is 9.71. The summed E-state index contributed by atoms with van der Waals surface area (Å²) in [6.45, 7) is 4.18. The highest BCUT2D eigenvalue weighted by molar-refractivity contribution is 6.29. The van der Waals surface area contributed by atoms with Crippen LogP contribution in [0.2, 0.25) is 0 Å². The van der Waals surface area contributed by atoms with Gasteiger partial charge in [-0.1, -0.05) is 30.7 Å². The van der Waals surface area contributed by atoms with Crippen LogP contribution in [0, 0.1) is 17.8 Å². The largest absolute Gasteiger partial charge is 0.496 e. The molecular weight excluding hydrogens is 563 g/mol. The minimum atomic E-state index is -0.814. The predicted molar refractivity (Wildman–Crippen MR) is 162 cm³/mol. The van der Waals surface area contributed by atoms with Crippen molar-refractivity contribution in [2.45, 2.75) is 101 Å². The Bertz CT molecular complexity index is 972. The second-order valence-corrected chi connectivity index (χ2v) is 13.4. The monoisotopic (exact) mass is 612 g/mol. The average Bonchev–Trinajstić information content (AvgIpc) is 3.40. The molecule has 0 bridgehead atoms. The van der Waals surface area contributed by atoms with Gasteiger partial charge in [-0.3, -0.25) is 20.9 Å². The summed E-state index contributed by atoms with van der Waals surface area (Å²) in [6, 6.07) is 0.884. The molecule has 5 aliphatic rings. The van der Waals surface area contributed by atoms with Gasteiger partial charge in [0.25, 0.3) is 0 Å². The van der Waals surface area contributed by atoms with Gasteiger partial charge < -0.3 is 29.5 Å². The van der Waals surface area contributed by atoms with E-state index in [0.717, 1.165) is 36.5 Å². The number of alkyl halides is 1. The number of hydrogen-bond acceptors (Lipinski definition) is 10. The Balaban J connectivity index is 1.09. The Morgan fingerprint density at radius 3 is 2.90 bits per heavy atom. The van der Waals surface area contributed by atoms with Gasteiger partial charge in [-0.05, 0) is 52.1 Å². The Labute approximate surface area is 254 Å². The first kappa shape index (κ1) is 32.1. The first-order chi connectivity index (χ1) is 20.2. The SMILES string of the molecule is CC1C(NC2N[C@@H](CO[C@H](O)CN(C)C)CO2)CCC2NC=NC(NC3CCC(OCC4C=CCC(F)C4)=C(Cl)C3)C21. The summed E-state index contributed by atoms with van der Waals surface area (Å²) in [5.74, 6) is 1.63. The van der Waals surface area contributed by atoms with Crippen LogP contribution in [0.1, 0.15) is 51.9 Å². The van der Waals surface area contributed by atoms with E-state index in [9.17, 15) is 9.50 Å². The molecule has 0 aromatic heterocycles. The van der Waals surface area contributed by atoms with Crippen molar-refractivity contribution in [3.63, 3.8) is 0 Å². The van der Waals surface area contributed by atoms with Gasteiger partial charge in [0.1, 0.15) is 18.1 Å². The first-order valence-corrected chi connectivity index (χ1v) is 16.1. The maximum absolute atomic E-state index is 13.7. The number of aliphatic hydroxyl groups is 1. The Kier molecular flexibility index (Phi) is 11.6. The van der Waals surface area contributed by atoms with E-state index in [4.69, 9.17) is 30.8 Å². The van der Waals surface area contributed by atoms with E-state index in [-0.39, 0.29) is 36.6 Å². The second-order valence-electron chi connectivity index (χ2n) is 12.9. The number of nitrogens with zero attached hydrogens (tertiary/aromatic N) is 2. The number of aliphatic imine (C=N–C) groups is 1. The van der Waals surface area contributed by atoms with Crippen LogP contribution < -0.4 is 21.3 Å². The molecule has 12 heteroatoms. The van der Waals surface area contributed by atoms with Gasteiger partial charge in [0, 0.05) is 49.3 Å². The van der Waals surface area contributed by atoms with E-state index in [1.54, 1.807) is 0 Å². The number of ether oxygens (including phenoxy) is 3. The Morgan fingerprint density at radius 2 is 2.12 bits per heavy atom. The van der Waals surface area contributed by atoms with Crippen LogP contribution in [0.3, 0.4) is 0 Å². The number of hydrogen-bond donors (Lipinski definition) is 5. The fourth-order valence-electron chi connectivity index (χ4n) is 7.02. The van der Waals surface area contributed by atoms with Gasteiger partial charge in [0.2, 0.25) is 0 Å². The lowest BCUT2D eigenvalue weighted by Crippen LogP contribution is -2.62. The predicted octanol–water partition coefficient (Wildman–Crippen LogP) is 2.40. The highest BCUT2D eigenvalue weighted by atomic mass is 35.5. The number of rotatable bonds is 12. The molecule has 0 aromatic rings. The third kappa shape index (κ3) is 8.65. The third-order valence-corrected chi connectivity index (χ3v) is 9.66. The summed E-state index contributed by atoms with van der Waals surface area (Å²) in [6.07, 6.45) is 9.54. The topological polar surface area (TPSA) is 112 Å². The van der Waals surface area contributed by atoms with E-state index < -0.39 is 12.5 Å². The molecule has 1 saturated carbocycles. The summed E-state index contributed by atoms with van der Waals surface area (Å²) in [5, 5.41) is 25.2. The van der Waals surface area contributed by atoms with Crippen molar-refractivity contribution in [3.8, 4) is 0 Å². The molecule has 2 heterocycles. The summed E-state index contributed by atoms with van der Waals surface area (Å²) in [4.78, 5) is 6.74. The zero-order chi connectivity index (χ0) is 29.6. The molecule has 10 nitrogen and oxygen atoms in total. The van der Waals surface area contributed by atoms with Crippen LogP contribution in [-0.4, -0.2) is 106 Å². The van der Waals surface area contributed by atoms with Crippen molar-refractivity contribution in [2.75, 3.05) is 40.5 Å². The lowest BCUT2D eigenvalue weighted by molar-refractivity contribution is -0.113. The summed E-state index contributed by atoms with van der Waals surface area (Å²) < 4.78 is 31.4. The summed E-state index contributed by atoms with van der Waals surface area (Å²) in [7, 11) is 3.81. The van der Waals surface area contributed by atoms with Gasteiger partial charge in [-0.25, -0.2) is 4.39 Å². The third-order valence-electron chi connectivity index (χ3n) is 9.30. The quantitative estimate of drug-likeness (QED) is 0.168. The fourth-order valence-corrected chi connectivity index (χ4v) is 7.36. The molecule has 3 aliphatic carbocycles. The Hall–Kier alpha value is -1.31. The smallest absolute Gasteiger partial charge is 0.167 e. The molecule has 238 valence electrons. The van der Waals surface area contributed by atoms with E-state index in [0.29, 0.717) is 63.5 Å². The molecule has 2 fully saturated rings. The minimum absolute atomic E-state index is 0.00145. The number of aliphatic hydroxyl groups excluding tert-OH is 1. The van der Waals surface area contributed by atoms with Crippen LogP contribution in [0.5, 0.6) is 0 Å². The fraction of sp³-hybridized carbons (Fsp3) is 0.833. The summed E-state index contributed by atoms with van der Waals surface area (Å²) in [5.41, 5.74) is 0. The van der Waals surface area contributed by atoms with Gasteiger partial charge >= 0.3 is 0 Å². The Morgan fingerprint density at radius 1 is 1.26 bits per heavy atom. The van der Waals surface area contributed by atoms with E-state index in [1.165, 1.54) is 0 Å². The molecule has 11 atom stereocenters. The van der Waals surface area contributed by atoms with Gasteiger partial charge in [0.05, 0.1) is 37.2 Å². The second kappa shape index (κ2) is 15.1. The number of allylic oxidation sites excluding steroid dienone is 2. The number of nitrogens with one attached hydrogen (secondary N) is 4. The zero-order valence-corrected chi connectivity index (χ0v) is 25.9. The van der Waals surface area contributed by atoms with Crippen LogP contribution in [0.25, 0.3) is 0 Å². The lowest BCUT2D eigenvalue weighted by Gasteiger charge is -2.47. The molecular formula is C30H50ClFN6O4. The van der Waals surface area contributed by atoms with Crippen molar-refractivity contribution in [2.24, 2.45) is 22.7 Å². The van der Waals surface area contributed by atoms with Crippen molar-refractivity contribution in [3.05, 3.63) is 22.9 Å². The highest BCUT2D eigenvalue weighted by Gasteiger charge is 2.44. The van der Waals surface area contributed by atoms with Crippen molar-refractivity contribution in [1.82, 2.24) is 26.2 Å². The van der Waals surface area contributed by atoms with Gasteiger partial charge in [-0.2, -0.15) is 0 Å². The van der Waals surface area contributed by atoms with E-state index in [2.05, 4.69) is 34.3 Å². The molecule has 0 spiro atoms. The van der Waals surface area contributed by atoms with Gasteiger partial charge in [-0.15, -0.1) is 0 Å². The van der Waals surface area contributed by atoms with Gasteiger partial charge in [0.15, 0.2) is 12.6 Å². The van der Waals surface area contributed by atoms with Crippen molar-refractivity contribution in [1.29, 1.82) is 0 Å². The maximum atomic E-state index is 13.7. The highest BCUT2D eigenvalue weighted by Crippen LogP contribution is 2.37. The molecule has 0 aromatic carbocycles.